The Morgan fingerprint density at radius 2 is 0.762 bits per heavy atom. The highest BCUT2D eigenvalue weighted by atomic mass is 15.2. The molecule has 42 heavy (non-hydrogen) atoms. The summed E-state index contributed by atoms with van der Waals surface area (Å²) in [7, 11) is 0. The molecule has 0 saturated carbocycles. The Kier molecular flexibility index (Phi) is 10.1. The topological polar surface area (TPSA) is 103 Å². The predicted octanol–water partition coefficient (Wildman–Crippen LogP) is 7.86. The van der Waals surface area contributed by atoms with Crippen molar-refractivity contribution in [3.63, 3.8) is 0 Å². The first kappa shape index (κ1) is 29.5. The van der Waals surface area contributed by atoms with E-state index in [1.165, 1.54) is 0 Å². The van der Waals surface area contributed by atoms with E-state index >= 15 is 0 Å². The van der Waals surface area contributed by atoms with Crippen molar-refractivity contribution in [2.24, 2.45) is 0 Å². The number of pyridine rings is 2. The molecule has 0 unspecified atom stereocenters. The molecule has 5 rings (SSSR count). The number of benzene rings is 1. The molecule has 4 heterocycles. The van der Waals surface area contributed by atoms with Gasteiger partial charge in [-0.15, -0.1) is 10.2 Å². The monoisotopic (exact) mass is 562 g/mol. The fourth-order valence-corrected chi connectivity index (χ4v) is 5.16. The number of hydrogen-bond donors (Lipinski definition) is 0. The van der Waals surface area contributed by atoms with Crippen molar-refractivity contribution in [3.05, 3.63) is 59.2 Å². The van der Waals surface area contributed by atoms with Crippen LogP contribution < -0.4 is 0 Å². The highest BCUT2D eigenvalue weighted by molar-refractivity contribution is 6.03. The van der Waals surface area contributed by atoms with Gasteiger partial charge in [0, 0.05) is 10.8 Å². The first-order chi connectivity index (χ1) is 20.6. The second-order valence-electron chi connectivity index (χ2n) is 11.1. The number of hydrogen-bond acceptors (Lipinski definition) is 8. The van der Waals surface area contributed by atoms with Gasteiger partial charge in [0.1, 0.15) is 11.4 Å². The second kappa shape index (κ2) is 14.3. The Hall–Kier alpha value is -3.94. The van der Waals surface area contributed by atoms with E-state index < -0.39 is 0 Å². The molecule has 0 aliphatic rings. The zero-order valence-corrected chi connectivity index (χ0v) is 25.5. The highest BCUT2D eigenvalue weighted by Gasteiger charge is 2.15. The van der Waals surface area contributed by atoms with Crippen LogP contribution in [0.15, 0.2) is 36.4 Å². The quantitative estimate of drug-likeness (QED) is 0.126. The fraction of sp³-hybridized carbons (Fsp3) is 0.471. The summed E-state index contributed by atoms with van der Waals surface area (Å²) < 4.78 is 0. The lowest BCUT2D eigenvalue weighted by atomic mass is 10.1. The molecule has 0 bridgehead atoms. The minimum atomic E-state index is 0.562. The summed E-state index contributed by atoms with van der Waals surface area (Å²) in [6.07, 6.45) is 12.4. The lowest BCUT2D eigenvalue weighted by Crippen LogP contribution is -2.07. The van der Waals surface area contributed by atoms with Gasteiger partial charge in [-0.1, -0.05) is 77.6 Å². The van der Waals surface area contributed by atoms with Crippen LogP contribution >= 0.6 is 0 Å². The maximum absolute atomic E-state index is 5.04. The zero-order valence-electron chi connectivity index (χ0n) is 25.5. The van der Waals surface area contributed by atoms with E-state index in [2.05, 4.69) is 72.4 Å². The van der Waals surface area contributed by atoms with Gasteiger partial charge in [-0.3, -0.25) is 0 Å². The summed E-state index contributed by atoms with van der Waals surface area (Å²) in [4.78, 5) is 20.0. The molecular formula is C34H42N8. The van der Waals surface area contributed by atoms with Crippen LogP contribution in [0.5, 0.6) is 0 Å². The third-order valence-corrected chi connectivity index (χ3v) is 7.73. The van der Waals surface area contributed by atoms with Gasteiger partial charge in [-0.25, -0.2) is 19.9 Å². The van der Waals surface area contributed by atoms with Crippen LogP contribution in [0.4, 0.5) is 0 Å². The van der Waals surface area contributed by atoms with Crippen molar-refractivity contribution >= 4 is 21.8 Å². The van der Waals surface area contributed by atoms with Gasteiger partial charge in [0.15, 0.2) is 0 Å². The van der Waals surface area contributed by atoms with Gasteiger partial charge in [-0.05, 0) is 63.5 Å². The largest absolute Gasteiger partial charge is 0.242 e. The van der Waals surface area contributed by atoms with Gasteiger partial charge in [0.05, 0.1) is 33.8 Å². The van der Waals surface area contributed by atoms with E-state index in [1.54, 1.807) is 0 Å². The van der Waals surface area contributed by atoms with Gasteiger partial charge < -0.3 is 0 Å². The average molecular weight is 563 g/mol. The van der Waals surface area contributed by atoms with Crippen molar-refractivity contribution in [1.82, 2.24) is 40.3 Å². The van der Waals surface area contributed by atoms with Gasteiger partial charge in [0.2, 0.25) is 11.6 Å². The van der Waals surface area contributed by atoms with Crippen molar-refractivity contribution in [3.8, 4) is 23.0 Å². The van der Waals surface area contributed by atoms with Crippen LogP contribution in [-0.2, 0) is 25.7 Å². The minimum absolute atomic E-state index is 0.562. The molecule has 0 aliphatic carbocycles. The summed E-state index contributed by atoms with van der Waals surface area (Å²) in [6, 6.07) is 12.3. The van der Waals surface area contributed by atoms with E-state index in [0.29, 0.717) is 23.0 Å². The summed E-state index contributed by atoms with van der Waals surface area (Å²) in [5.74, 6) is 1.12. The molecule has 0 amide bonds. The lowest BCUT2D eigenvalue weighted by molar-refractivity contribution is 0.702. The summed E-state index contributed by atoms with van der Waals surface area (Å²) in [5, 5.41) is 20.3. The number of fused-ring (bicyclic) bond motifs is 3. The standard InChI is InChI=1S/C34H42N8/c1-5-9-13-25-27(15-11-7-3)39-41-33(37-25)29-21-19-23-17-18-24-20-22-30(36-32(24)31(23)35-29)34-38-26(14-10-6-2)28(40-42-34)16-12-8-4/h17-22H,5-16H2,1-4H3. The first-order valence-electron chi connectivity index (χ1n) is 15.8. The second-order valence-corrected chi connectivity index (χ2v) is 11.1. The van der Waals surface area contributed by atoms with Gasteiger partial charge >= 0.3 is 0 Å². The minimum Gasteiger partial charge on any atom is -0.242 e. The molecule has 0 fully saturated rings. The van der Waals surface area contributed by atoms with Crippen molar-refractivity contribution in [2.75, 3.05) is 0 Å². The van der Waals surface area contributed by atoms with Crippen LogP contribution in [0, 0.1) is 0 Å². The molecule has 0 saturated heterocycles. The summed E-state index contributed by atoms with van der Waals surface area (Å²) in [6.45, 7) is 8.79. The molecule has 0 N–H and O–H groups in total. The Morgan fingerprint density at radius 3 is 1.14 bits per heavy atom. The molecule has 8 nitrogen and oxygen atoms in total. The maximum atomic E-state index is 5.04. The Morgan fingerprint density at radius 1 is 0.405 bits per heavy atom. The third-order valence-electron chi connectivity index (χ3n) is 7.73. The van der Waals surface area contributed by atoms with Crippen LogP contribution in [0.25, 0.3) is 44.8 Å². The van der Waals surface area contributed by atoms with Crippen LogP contribution in [-0.4, -0.2) is 40.3 Å². The summed E-state index contributed by atoms with van der Waals surface area (Å²) in [5.41, 5.74) is 7.13. The van der Waals surface area contributed by atoms with Crippen molar-refractivity contribution in [2.45, 2.75) is 105 Å². The fourth-order valence-electron chi connectivity index (χ4n) is 5.16. The molecular weight excluding hydrogens is 520 g/mol. The molecule has 0 atom stereocenters. The molecule has 8 heteroatoms. The third kappa shape index (κ3) is 6.75. The van der Waals surface area contributed by atoms with E-state index in [9.17, 15) is 0 Å². The smallest absolute Gasteiger partial charge is 0.200 e. The summed E-state index contributed by atoms with van der Waals surface area (Å²) >= 11 is 0. The first-order valence-corrected chi connectivity index (χ1v) is 15.8. The van der Waals surface area contributed by atoms with E-state index in [0.717, 1.165) is 122 Å². The number of unbranched alkanes of at least 4 members (excludes halogenated alkanes) is 4. The lowest BCUT2D eigenvalue weighted by Gasteiger charge is -2.10. The Balaban J connectivity index is 1.56. The molecule has 5 aromatic rings. The molecule has 218 valence electrons. The van der Waals surface area contributed by atoms with Crippen molar-refractivity contribution < 1.29 is 0 Å². The molecule has 1 aromatic carbocycles. The number of aryl methyl sites for hydroxylation is 4. The Bertz CT molecular complexity index is 1530. The molecule has 0 spiro atoms. The average Bonchev–Trinajstić information content (AvgIpc) is 3.04. The van der Waals surface area contributed by atoms with Crippen LogP contribution in [0.1, 0.15) is 102 Å². The highest BCUT2D eigenvalue weighted by Crippen LogP contribution is 2.27. The normalized spacial score (nSPS) is 11.5. The molecule has 0 aliphatic heterocycles. The van der Waals surface area contributed by atoms with Crippen molar-refractivity contribution in [1.29, 1.82) is 0 Å². The van der Waals surface area contributed by atoms with E-state index in [1.807, 2.05) is 12.1 Å². The van der Waals surface area contributed by atoms with Gasteiger partial charge in [-0.2, -0.15) is 10.2 Å². The Labute approximate surface area is 248 Å². The van der Waals surface area contributed by atoms with E-state index in [-0.39, 0.29) is 0 Å². The number of nitrogens with zero attached hydrogens (tertiary/aromatic N) is 8. The van der Waals surface area contributed by atoms with Gasteiger partial charge in [0.25, 0.3) is 0 Å². The SMILES string of the molecule is CCCCc1nnc(-c2ccc3ccc4ccc(-c5nnc(CCCC)c(CCCC)n5)nc4c3n2)nc1CCCC. The van der Waals surface area contributed by atoms with Crippen LogP contribution in [0.3, 0.4) is 0 Å². The zero-order chi connectivity index (χ0) is 29.3. The molecule has 0 radical (unpaired) electrons. The molecule has 4 aromatic heterocycles. The van der Waals surface area contributed by atoms with E-state index in [4.69, 9.17) is 19.9 Å². The number of aromatic nitrogens is 8. The maximum Gasteiger partial charge on any atom is 0.200 e. The van der Waals surface area contributed by atoms with Crippen LogP contribution in [0.2, 0.25) is 0 Å². The number of rotatable bonds is 14. The predicted molar refractivity (Wildman–Crippen MR) is 169 cm³/mol.